The van der Waals surface area contributed by atoms with Crippen LogP contribution in [0.3, 0.4) is 0 Å². The quantitative estimate of drug-likeness (QED) is 0.589. The normalized spacial score (nSPS) is 46.0. The number of hydrogen-bond donors (Lipinski definition) is 2. The maximum Gasteiger partial charge on any atom is 0.302 e. The van der Waals surface area contributed by atoms with Crippen LogP contribution in [0.5, 0.6) is 0 Å². The van der Waals surface area contributed by atoms with Gasteiger partial charge in [-0.25, -0.2) is 0 Å². The Labute approximate surface area is 158 Å². The van der Waals surface area contributed by atoms with Crippen molar-refractivity contribution >= 4 is 5.97 Å². The monoisotopic (exact) mass is 364 g/mol. The third kappa shape index (κ3) is 3.13. The summed E-state index contributed by atoms with van der Waals surface area (Å²) in [6.45, 7) is 10.8. The molecule has 4 nitrogen and oxygen atoms in total. The number of rotatable bonds is 4. The van der Waals surface area contributed by atoms with E-state index in [4.69, 9.17) is 4.74 Å². The maximum atomic E-state index is 11.3. The number of aliphatic hydroxyl groups is 2. The third-order valence-electron chi connectivity index (χ3n) is 8.49. The molecule has 26 heavy (non-hydrogen) atoms. The van der Waals surface area contributed by atoms with Crippen LogP contribution in [0.4, 0.5) is 0 Å². The Hall–Kier alpha value is -0.870. The number of aliphatic hydroxyl groups excluding tert-OH is 2. The van der Waals surface area contributed by atoms with Crippen LogP contribution in [0.15, 0.2) is 12.2 Å². The second-order valence-electron chi connectivity index (χ2n) is 9.55. The van der Waals surface area contributed by atoms with Crippen LogP contribution in [0, 0.1) is 34.5 Å². The lowest BCUT2D eigenvalue weighted by molar-refractivity contribution is -0.156. The Morgan fingerprint density at radius 3 is 2.50 bits per heavy atom. The van der Waals surface area contributed by atoms with Crippen LogP contribution < -0.4 is 0 Å². The lowest BCUT2D eigenvalue weighted by atomic mass is 9.49. The summed E-state index contributed by atoms with van der Waals surface area (Å²) >= 11 is 0. The molecule has 0 spiro atoms. The van der Waals surface area contributed by atoms with Gasteiger partial charge in [0.25, 0.3) is 0 Å². The van der Waals surface area contributed by atoms with E-state index in [9.17, 15) is 15.0 Å². The second kappa shape index (κ2) is 7.27. The molecule has 0 aromatic rings. The fourth-order valence-electron chi connectivity index (χ4n) is 6.76. The molecular weight excluding hydrogens is 328 g/mol. The van der Waals surface area contributed by atoms with E-state index in [-0.39, 0.29) is 48.0 Å². The molecule has 0 radical (unpaired) electrons. The predicted molar refractivity (Wildman–Crippen MR) is 101 cm³/mol. The van der Waals surface area contributed by atoms with Gasteiger partial charge in [-0.3, -0.25) is 4.79 Å². The topological polar surface area (TPSA) is 66.8 Å². The van der Waals surface area contributed by atoms with Crippen molar-refractivity contribution in [3.63, 3.8) is 0 Å². The first-order valence-corrected chi connectivity index (χ1v) is 10.3. The SMILES string of the molecule is C=C1CCC2C(CO)C(C3(C)CCC(OC(C)=O)CC3CO)CCC12C. The van der Waals surface area contributed by atoms with E-state index in [0.717, 1.165) is 44.9 Å². The fourth-order valence-corrected chi connectivity index (χ4v) is 6.76. The van der Waals surface area contributed by atoms with Gasteiger partial charge >= 0.3 is 5.97 Å². The van der Waals surface area contributed by atoms with E-state index in [0.29, 0.717) is 11.8 Å². The molecule has 148 valence electrons. The zero-order chi connectivity index (χ0) is 19.1. The first-order chi connectivity index (χ1) is 12.3. The highest BCUT2D eigenvalue weighted by Crippen LogP contribution is 2.63. The van der Waals surface area contributed by atoms with Gasteiger partial charge in [0.1, 0.15) is 6.10 Å². The van der Waals surface area contributed by atoms with Gasteiger partial charge in [-0.2, -0.15) is 0 Å². The van der Waals surface area contributed by atoms with Gasteiger partial charge in [-0.05, 0) is 79.4 Å². The predicted octanol–water partition coefficient (Wildman–Crippen LogP) is 3.71. The smallest absolute Gasteiger partial charge is 0.302 e. The number of allylic oxidation sites excluding steroid dienone is 1. The van der Waals surface area contributed by atoms with Gasteiger partial charge in [0.15, 0.2) is 0 Å². The van der Waals surface area contributed by atoms with E-state index >= 15 is 0 Å². The molecular formula is C22H36O4. The molecule has 3 saturated carbocycles. The van der Waals surface area contributed by atoms with Crippen molar-refractivity contribution in [3.05, 3.63) is 12.2 Å². The van der Waals surface area contributed by atoms with Crippen molar-refractivity contribution < 1.29 is 19.7 Å². The van der Waals surface area contributed by atoms with E-state index in [1.54, 1.807) is 0 Å². The van der Waals surface area contributed by atoms with Crippen molar-refractivity contribution in [2.75, 3.05) is 13.2 Å². The highest BCUT2D eigenvalue weighted by Gasteiger charge is 2.56. The Morgan fingerprint density at radius 1 is 1.15 bits per heavy atom. The molecule has 0 aromatic carbocycles. The summed E-state index contributed by atoms with van der Waals surface area (Å²) in [7, 11) is 0. The number of hydrogen-bond acceptors (Lipinski definition) is 4. The Morgan fingerprint density at radius 2 is 1.88 bits per heavy atom. The average molecular weight is 365 g/mol. The van der Waals surface area contributed by atoms with Crippen molar-refractivity contribution in [1.29, 1.82) is 0 Å². The zero-order valence-corrected chi connectivity index (χ0v) is 16.7. The standard InChI is InChI=1S/C22H36O4/c1-14-5-6-19-18(13-24)20(8-10-21(14,19)3)22(4)9-7-17(26-15(2)25)11-16(22)12-23/h16-20,23-24H,1,5-13H2,2-4H3. The summed E-state index contributed by atoms with van der Waals surface area (Å²) < 4.78 is 5.45. The maximum absolute atomic E-state index is 11.3. The van der Waals surface area contributed by atoms with Gasteiger partial charge < -0.3 is 14.9 Å². The molecule has 0 saturated heterocycles. The molecule has 3 fully saturated rings. The molecule has 3 rings (SSSR count). The number of ether oxygens (including phenoxy) is 1. The molecule has 7 atom stereocenters. The number of esters is 1. The van der Waals surface area contributed by atoms with Crippen LogP contribution in [-0.4, -0.2) is 35.5 Å². The van der Waals surface area contributed by atoms with Gasteiger partial charge in [0, 0.05) is 20.1 Å². The highest BCUT2D eigenvalue weighted by atomic mass is 16.5. The summed E-state index contributed by atoms with van der Waals surface area (Å²) in [5.74, 6) is 1.07. The lowest BCUT2D eigenvalue weighted by Gasteiger charge is -2.56. The van der Waals surface area contributed by atoms with Crippen LogP contribution in [0.2, 0.25) is 0 Å². The lowest BCUT2D eigenvalue weighted by Crippen LogP contribution is -2.52. The summed E-state index contributed by atoms with van der Waals surface area (Å²) in [6.07, 6.45) is 6.89. The average Bonchev–Trinajstić information content (AvgIpc) is 2.90. The van der Waals surface area contributed by atoms with Gasteiger partial charge in [-0.15, -0.1) is 0 Å². The first kappa shape index (κ1) is 19.9. The second-order valence-corrected chi connectivity index (χ2v) is 9.55. The summed E-state index contributed by atoms with van der Waals surface area (Å²) in [4.78, 5) is 11.3. The Balaban J connectivity index is 1.82. The van der Waals surface area contributed by atoms with Crippen LogP contribution >= 0.6 is 0 Å². The fraction of sp³-hybridized carbons (Fsp3) is 0.864. The van der Waals surface area contributed by atoms with Gasteiger partial charge in [0.2, 0.25) is 0 Å². The molecule has 0 aromatic heterocycles. The molecule has 2 N–H and O–H groups in total. The van der Waals surface area contributed by atoms with E-state index in [2.05, 4.69) is 20.4 Å². The van der Waals surface area contributed by atoms with Crippen molar-refractivity contribution in [1.82, 2.24) is 0 Å². The highest BCUT2D eigenvalue weighted by molar-refractivity contribution is 5.66. The molecule has 7 unspecified atom stereocenters. The minimum atomic E-state index is -0.235. The first-order valence-electron chi connectivity index (χ1n) is 10.3. The third-order valence-corrected chi connectivity index (χ3v) is 8.49. The van der Waals surface area contributed by atoms with Crippen molar-refractivity contribution in [3.8, 4) is 0 Å². The Bertz CT molecular complexity index is 558. The Kier molecular flexibility index (Phi) is 5.56. The van der Waals surface area contributed by atoms with Crippen molar-refractivity contribution in [2.24, 2.45) is 34.5 Å². The molecule has 0 heterocycles. The molecule has 3 aliphatic carbocycles. The minimum absolute atomic E-state index is 0.00987. The summed E-state index contributed by atoms with van der Waals surface area (Å²) in [6, 6.07) is 0. The molecule has 0 aliphatic heterocycles. The molecule has 4 heteroatoms. The molecule has 0 bridgehead atoms. The van der Waals surface area contributed by atoms with E-state index in [1.807, 2.05) is 0 Å². The summed E-state index contributed by atoms with van der Waals surface area (Å²) in [5.41, 5.74) is 1.52. The number of carbonyl (C=O) groups excluding carboxylic acids is 1. The molecule has 3 aliphatic rings. The van der Waals surface area contributed by atoms with Gasteiger partial charge in [0.05, 0.1) is 0 Å². The minimum Gasteiger partial charge on any atom is -0.463 e. The largest absolute Gasteiger partial charge is 0.463 e. The number of carbonyl (C=O) groups is 1. The van der Waals surface area contributed by atoms with Crippen molar-refractivity contribution in [2.45, 2.75) is 71.8 Å². The van der Waals surface area contributed by atoms with Crippen LogP contribution in [0.25, 0.3) is 0 Å². The van der Waals surface area contributed by atoms with E-state index in [1.165, 1.54) is 12.5 Å². The van der Waals surface area contributed by atoms with Crippen LogP contribution in [0.1, 0.15) is 65.7 Å². The molecule has 0 amide bonds. The zero-order valence-electron chi connectivity index (χ0n) is 16.7. The van der Waals surface area contributed by atoms with Crippen LogP contribution in [-0.2, 0) is 9.53 Å². The number of fused-ring (bicyclic) bond motifs is 1. The van der Waals surface area contributed by atoms with E-state index < -0.39 is 0 Å². The van der Waals surface area contributed by atoms with Gasteiger partial charge in [-0.1, -0.05) is 26.0 Å². The summed E-state index contributed by atoms with van der Waals surface area (Å²) in [5, 5.41) is 20.5.